The molecule has 0 radical (unpaired) electrons. The molecule has 0 aliphatic heterocycles. The van der Waals surface area contributed by atoms with Gasteiger partial charge in [-0.15, -0.1) is 0 Å². The van der Waals surface area contributed by atoms with Gasteiger partial charge in [-0.2, -0.15) is 0 Å². The Morgan fingerprint density at radius 3 is 2.24 bits per heavy atom. The van der Waals surface area contributed by atoms with Crippen LogP contribution < -0.4 is 0 Å². The standard InChI is InChI=1S/C11H18O6/c1-3-10(12)17-9-8-16-7-6-15-5-4-11(13)14-2/h3H,1,4-9H2,2H3. The Bertz CT molecular complexity index is 238. The first kappa shape index (κ1) is 15.6. The number of esters is 2. The molecule has 0 saturated heterocycles. The van der Waals surface area contributed by atoms with Crippen molar-refractivity contribution in [3.63, 3.8) is 0 Å². The molecule has 0 heterocycles. The van der Waals surface area contributed by atoms with E-state index in [2.05, 4.69) is 16.1 Å². The maximum atomic E-state index is 10.7. The van der Waals surface area contributed by atoms with E-state index in [0.717, 1.165) is 6.08 Å². The van der Waals surface area contributed by atoms with E-state index in [9.17, 15) is 9.59 Å². The third-order valence-corrected chi connectivity index (χ3v) is 1.69. The monoisotopic (exact) mass is 246 g/mol. The maximum absolute atomic E-state index is 10.7. The highest BCUT2D eigenvalue weighted by atomic mass is 16.6. The molecule has 98 valence electrons. The van der Waals surface area contributed by atoms with Crippen LogP contribution in [0.25, 0.3) is 0 Å². The van der Waals surface area contributed by atoms with Gasteiger partial charge >= 0.3 is 11.9 Å². The number of rotatable bonds is 10. The van der Waals surface area contributed by atoms with Crippen LogP contribution in [0.1, 0.15) is 6.42 Å². The van der Waals surface area contributed by atoms with Crippen LogP contribution in [0.2, 0.25) is 0 Å². The molecule has 0 N–H and O–H groups in total. The first-order chi connectivity index (χ1) is 8.20. The van der Waals surface area contributed by atoms with Gasteiger partial charge in [-0.25, -0.2) is 4.79 Å². The molecule has 17 heavy (non-hydrogen) atoms. The van der Waals surface area contributed by atoms with Crippen molar-refractivity contribution in [3.05, 3.63) is 12.7 Å². The first-order valence-corrected chi connectivity index (χ1v) is 5.22. The summed E-state index contributed by atoms with van der Waals surface area (Å²) < 4.78 is 19.3. The molecular formula is C11H18O6. The van der Waals surface area contributed by atoms with Gasteiger partial charge in [-0.1, -0.05) is 6.58 Å². The predicted octanol–water partition coefficient (Wildman–Crippen LogP) is 0.312. The molecule has 0 spiro atoms. The minimum atomic E-state index is -0.470. The molecular weight excluding hydrogens is 228 g/mol. The highest BCUT2D eigenvalue weighted by molar-refractivity contribution is 5.81. The van der Waals surface area contributed by atoms with Crippen LogP contribution in [0.4, 0.5) is 0 Å². The number of hydrogen-bond acceptors (Lipinski definition) is 6. The number of carbonyl (C=O) groups excluding carboxylic acids is 2. The van der Waals surface area contributed by atoms with Crippen LogP contribution in [-0.2, 0) is 28.5 Å². The lowest BCUT2D eigenvalue weighted by molar-refractivity contribution is -0.141. The molecule has 0 unspecified atom stereocenters. The predicted molar refractivity (Wildman–Crippen MR) is 59.4 cm³/mol. The summed E-state index contributed by atoms with van der Waals surface area (Å²) in [4.78, 5) is 21.3. The fourth-order valence-electron chi connectivity index (χ4n) is 0.840. The smallest absolute Gasteiger partial charge is 0.330 e. The van der Waals surface area contributed by atoms with Gasteiger partial charge in [-0.05, 0) is 0 Å². The van der Waals surface area contributed by atoms with Crippen LogP contribution in [0.5, 0.6) is 0 Å². The van der Waals surface area contributed by atoms with Crippen molar-refractivity contribution in [2.45, 2.75) is 6.42 Å². The van der Waals surface area contributed by atoms with E-state index in [1.54, 1.807) is 0 Å². The summed E-state index contributed by atoms with van der Waals surface area (Å²) in [6, 6.07) is 0. The Morgan fingerprint density at radius 1 is 1.06 bits per heavy atom. The molecule has 0 rings (SSSR count). The van der Waals surface area contributed by atoms with Crippen molar-refractivity contribution >= 4 is 11.9 Å². The van der Waals surface area contributed by atoms with E-state index in [1.165, 1.54) is 7.11 Å². The SMILES string of the molecule is C=CC(=O)OCCOCCOCCC(=O)OC. The lowest BCUT2D eigenvalue weighted by atomic mass is 10.5. The van der Waals surface area contributed by atoms with Gasteiger partial charge in [-0.3, -0.25) is 4.79 Å². The van der Waals surface area contributed by atoms with Crippen molar-refractivity contribution in [1.82, 2.24) is 0 Å². The average Bonchev–Trinajstić information content (AvgIpc) is 2.35. The first-order valence-electron chi connectivity index (χ1n) is 5.22. The van der Waals surface area contributed by atoms with Gasteiger partial charge in [0.25, 0.3) is 0 Å². The lowest BCUT2D eigenvalue weighted by Crippen LogP contribution is -2.12. The highest BCUT2D eigenvalue weighted by Crippen LogP contribution is 1.87. The molecule has 0 atom stereocenters. The third-order valence-electron chi connectivity index (χ3n) is 1.69. The van der Waals surface area contributed by atoms with Crippen molar-refractivity contribution in [3.8, 4) is 0 Å². The van der Waals surface area contributed by atoms with E-state index in [0.29, 0.717) is 26.4 Å². The van der Waals surface area contributed by atoms with E-state index < -0.39 is 5.97 Å². The Morgan fingerprint density at radius 2 is 1.65 bits per heavy atom. The fraction of sp³-hybridized carbons (Fsp3) is 0.636. The van der Waals surface area contributed by atoms with Gasteiger partial charge < -0.3 is 18.9 Å². The van der Waals surface area contributed by atoms with Crippen molar-refractivity contribution in [2.24, 2.45) is 0 Å². The third kappa shape index (κ3) is 10.9. The minimum absolute atomic E-state index is 0.188. The summed E-state index contributed by atoms with van der Waals surface area (Å²) in [7, 11) is 1.33. The molecule has 6 heteroatoms. The van der Waals surface area contributed by atoms with Gasteiger partial charge in [0.2, 0.25) is 0 Å². The van der Waals surface area contributed by atoms with Crippen LogP contribution in [0.3, 0.4) is 0 Å². The molecule has 0 saturated carbocycles. The van der Waals surface area contributed by atoms with Crippen LogP contribution in [0, 0.1) is 0 Å². The Labute approximate surface area is 100 Å². The van der Waals surface area contributed by atoms with E-state index in [1.807, 2.05) is 0 Å². The molecule has 6 nitrogen and oxygen atoms in total. The number of carbonyl (C=O) groups is 2. The number of ether oxygens (including phenoxy) is 4. The van der Waals surface area contributed by atoms with Crippen LogP contribution >= 0.6 is 0 Å². The van der Waals surface area contributed by atoms with Crippen molar-refractivity contribution in [2.75, 3.05) is 40.1 Å². The van der Waals surface area contributed by atoms with Gasteiger partial charge in [0.05, 0.1) is 40.0 Å². The zero-order chi connectivity index (χ0) is 12.9. The minimum Gasteiger partial charge on any atom is -0.469 e. The summed E-state index contributed by atoms with van der Waals surface area (Å²) in [5, 5.41) is 0. The fourth-order valence-corrected chi connectivity index (χ4v) is 0.840. The second-order valence-corrected chi connectivity index (χ2v) is 2.92. The molecule has 0 amide bonds. The van der Waals surface area contributed by atoms with Gasteiger partial charge in [0.15, 0.2) is 0 Å². The second kappa shape index (κ2) is 11.1. The second-order valence-electron chi connectivity index (χ2n) is 2.92. The Balaban J connectivity index is 3.11. The summed E-state index contributed by atoms with van der Waals surface area (Å²) in [5.74, 6) is -0.773. The Kier molecular flexibility index (Phi) is 10.2. The molecule has 0 aliphatic carbocycles. The van der Waals surface area contributed by atoms with Crippen molar-refractivity contribution < 1.29 is 28.5 Å². The van der Waals surface area contributed by atoms with Crippen molar-refractivity contribution in [1.29, 1.82) is 0 Å². The van der Waals surface area contributed by atoms with Gasteiger partial charge in [0, 0.05) is 6.08 Å². The van der Waals surface area contributed by atoms with Crippen LogP contribution in [0.15, 0.2) is 12.7 Å². The summed E-state index contributed by atoms with van der Waals surface area (Å²) in [6.07, 6.45) is 1.32. The number of hydrogen-bond donors (Lipinski definition) is 0. The Hall–Kier alpha value is -1.40. The number of methoxy groups -OCH3 is 1. The van der Waals surface area contributed by atoms with E-state index in [-0.39, 0.29) is 19.0 Å². The topological polar surface area (TPSA) is 71.1 Å². The molecule has 0 aliphatic rings. The zero-order valence-electron chi connectivity index (χ0n) is 9.98. The molecule has 0 bridgehead atoms. The van der Waals surface area contributed by atoms with Crippen LogP contribution in [-0.4, -0.2) is 52.1 Å². The van der Waals surface area contributed by atoms with E-state index >= 15 is 0 Å². The normalized spacial score (nSPS) is 9.71. The molecule has 0 aromatic heterocycles. The average molecular weight is 246 g/mol. The summed E-state index contributed by atoms with van der Waals surface area (Å²) >= 11 is 0. The molecule has 0 fully saturated rings. The lowest BCUT2D eigenvalue weighted by Gasteiger charge is -2.05. The molecule has 0 aromatic carbocycles. The van der Waals surface area contributed by atoms with Gasteiger partial charge in [0.1, 0.15) is 6.61 Å². The summed E-state index contributed by atoms with van der Waals surface area (Å²) in [5.41, 5.74) is 0. The zero-order valence-corrected chi connectivity index (χ0v) is 9.98. The quantitative estimate of drug-likeness (QED) is 0.314. The largest absolute Gasteiger partial charge is 0.469 e. The highest BCUT2D eigenvalue weighted by Gasteiger charge is 1.99. The maximum Gasteiger partial charge on any atom is 0.330 e. The molecule has 0 aromatic rings. The summed E-state index contributed by atoms with van der Waals surface area (Å²) in [6.45, 7) is 4.82. The van der Waals surface area contributed by atoms with E-state index in [4.69, 9.17) is 9.47 Å².